The number of anilines is 1. The van der Waals surface area contributed by atoms with Gasteiger partial charge in [0.05, 0.1) is 11.8 Å². The summed E-state index contributed by atoms with van der Waals surface area (Å²) >= 11 is 5.64. The van der Waals surface area contributed by atoms with Crippen LogP contribution in [0, 0.1) is 0 Å². The van der Waals surface area contributed by atoms with Gasteiger partial charge in [0.2, 0.25) is 0 Å². The first-order chi connectivity index (χ1) is 7.79. The molecule has 0 aromatic carbocycles. The molecule has 0 aliphatic carbocycles. The minimum Gasteiger partial charge on any atom is -0.376 e. The van der Waals surface area contributed by atoms with Crippen molar-refractivity contribution < 1.29 is 4.74 Å². The fraction of sp³-hybridized carbons (Fsp3) is 0.500. The fourth-order valence-corrected chi connectivity index (χ4v) is 1.41. The number of hydrogen-bond donors (Lipinski definition) is 1. The zero-order valence-electron chi connectivity index (χ0n) is 8.30. The average molecular weight is 241 g/mol. The molecule has 1 aromatic heterocycles. The maximum absolute atomic E-state index is 8.38. The number of hydrogen-bond acceptors (Lipinski definition) is 5. The molecular formula is C8H9ClN6O. The van der Waals surface area contributed by atoms with Crippen LogP contribution < -0.4 is 5.32 Å². The lowest BCUT2D eigenvalue weighted by Gasteiger charge is -2.26. The van der Waals surface area contributed by atoms with E-state index in [1.165, 1.54) is 6.07 Å². The smallest absolute Gasteiger partial charge is 0.158 e. The number of nitrogens with one attached hydrogen (secondary N) is 1. The Kier molecular flexibility index (Phi) is 3.40. The van der Waals surface area contributed by atoms with Crippen molar-refractivity contribution in [2.24, 2.45) is 5.11 Å². The highest BCUT2D eigenvalue weighted by molar-refractivity contribution is 6.29. The van der Waals surface area contributed by atoms with Gasteiger partial charge in [0.15, 0.2) is 11.0 Å². The summed E-state index contributed by atoms with van der Waals surface area (Å²) in [5.74, 6) is 0.415. The van der Waals surface area contributed by atoms with E-state index in [0.29, 0.717) is 18.1 Å². The number of rotatable bonds is 4. The Labute approximate surface area is 96.4 Å². The van der Waals surface area contributed by atoms with E-state index < -0.39 is 0 Å². The van der Waals surface area contributed by atoms with E-state index in [0.717, 1.165) is 13.0 Å². The first-order valence-electron chi connectivity index (χ1n) is 4.73. The Morgan fingerprint density at radius 3 is 3.12 bits per heavy atom. The van der Waals surface area contributed by atoms with Crippen molar-refractivity contribution in [3.8, 4) is 0 Å². The first-order valence-corrected chi connectivity index (χ1v) is 5.11. The molecule has 1 aromatic rings. The van der Waals surface area contributed by atoms with Gasteiger partial charge in [0, 0.05) is 18.1 Å². The second-order valence-corrected chi connectivity index (χ2v) is 3.64. The second kappa shape index (κ2) is 4.98. The molecule has 2 rings (SSSR count). The van der Waals surface area contributed by atoms with Gasteiger partial charge in [-0.05, 0) is 18.0 Å². The number of nitrogens with zero attached hydrogens (tertiary/aromatic N) is 5. The predicted molar refractivity (Wildman–Crippen MR) is 58.7 cm³/mol. The molecule has 0 amide bonds. The summed E-state index contributed by atoms with van der Waals surface area (Å²) in [6, 6.07) is 1.46. The van der Waals surface area contributed by atoms with E-state index in [1.807, 2.05) is 0 Å². The van der Waals surface area contributed by atoms with Crippen LogP contribution in [-0.4, -0.2) is 29.5 Å². The van der Waals surface area contributed by atoms with Crippen LogP contribution in [0.2, 0.25) is 5.15 Å². The van der Waals surface area contributed by atoms with Crippen molar-refractivity contribution in [3.63, 3.8) is 0 Å². The molecule has 0 radical (unpaired) electrons. The molecule has 1 aliphatic rings. The normalized spacial score (nSPS) is 18.4. The molecule has 84 valence electrons. The van der Waals surface area contributed by atoms with Crippen LogP contribution in [0.25, 0.3) is 10.4 Å². The molecule has 2 heterocycles. The predicted octanol–water partition coefficient (Wildman–Crippen LogP) is 2.27. The van der Waals surface area contributed by atoms with Gasteiger partial charge >= 0.3 is 0 Å². The molecule has 1 saturated heterocycles. The molecule has 8 heteroatoms. The summed E-state index contributed by atoms with van der Waals surface area (Å²) in [4.78, 5) is 2.70. The van der Waals surface area contributed by atoms with E-state index in [-0.39, 0.29) is 11.3 Å². The molecule has 1 atom stereocenters. The van der Waals surface area contributed by atoms with Crippen LogP contribution in [0.3, 0.4) is 0 Å². The molecule has 1 fully saturated rings. The van der Waals surface area contributed by atoms with Gasteiger partial charge in [0.1, 0.15) is 0 Å². The Bertz CT molecular complexity index is 429. The van der Waals surface area contributed by atoms with E-state index in [1.54, 1.807) is 0 Å². The molecule has 1 unspecified atom stereocenters. The Hall–Kier alpha value is -1.56. The SMILES string of the molecule is [N-]=[N+]=Nc1cc(Cl)nnc1NCC1CCO1. The molecule has 0 spiro atoms. The third kappa shape index (κ3) is 2.52. The first kappa shape index (κ1) is 10.9. The van der Waals surface area contributed by atoms with Gasteiger partial charge in [-0.15, -0.1) is 10.2 Å². The minimum absolute atomic E-state index is 0.188. The fourth-order valence-electron chi connectivity index (χ4n) is 1.27. The van der Waals surface area contributed by atoms with Crippen LogP contribution in [0.15, 0.2) is 11.2 Å². The van der Waals surface area contributed by atoms with Gasteiger partial charge in [-0.3, -0.25) is 0 Å². The monoisotopic (exact) mass is 240 g/mol. The third-order valence-corrected chi connectivity index (χ3v) is 2.37. The number of aromatic nitrogens is 2. The summed E-state index contributed by atoms with van der Waals surface area (Å²) in [6.07, 6.45) is 1.21. The highest BCUT2D eigenvalue weighted by Crippen LogP contribution is 2.25. The van der Waals surface area contributed by atoms with Crippen molar-refractivity contribution in [1.82, 2.24) is 10.2 Å². The standard InChI is InChI=1S/C8H9ClN6O/c9-7-3-6(12-15-10)8(14-13-7)11-4-5-1-2-16-5/h3,5H,1-2,4H2,(H,11,14). The molecule has 1 aliphatic heterocycles. The summed E-state index contributed by atoms with van der Waals surface area (Å²) in [5, 5.41) is 14.2. The van der Waals surface area contributed by atoms with Crippen LogP contribution >= 0.6 is 11.6 Å². The van der Waals surface area contributed by atoms with Gasteiger partial charge < -0.3 is 10.1 Å². The quantitative estimate of drug-likeness (QED) is 0.496. The number of azide groups is 1. The van der Waals surface area contributed by atoms with Gasteiger partial charge in [-0.1, -0.05) is 16.7 Å². The van der Waals surface area contributed by atoms with E-state index in [4.69, 9.17) is 21.9 Å². The highest BCUT2D eigenvalue weighted by atomic mass is 35.5. The van der Waals surface area contributed by atoms with Gasteiger partial charge in [-0.2, -0.15) is 0 Å². The molecule has 0 bridgehead atoms. The Morgan fingerprint density at radius 1 is 1.69 bits per heavy atom. The maximum atomic E-state index is 8.38. The highest BCUT2D eigenvalue weighted by Gasteiger charge is 2.18. The Morgan fingerprint density at radius 2 is 2.50 bits per heavy atom. The van der Waals surface area contributed by atoms with Gasteiger partial charge in [0.25, 0.3) is 0 Å². The van der Waals surface area contributed by atoms with Crippen molar-refractivity contribution in [1.29, 1.82) is 0 Å². The molecule has 7 nitrogen and oxygen atoms in total. The Balaban J connectivity index is 2.08. The second-order valence-electron chi connectivity index (χ2n) is 3.25. The van der Waals surface area contributed by atoms with E-state index in [2.05, 4.69) is 25.5 Å². The van der Waals surface area contributed by atoms with Gasteiger partial charge in [-0.25, -0.2) is 0 Å². The largest absolute Gasteiger partial charge is 0.376 e. The summed E-state index contributed by atoms with van der Waals surface area (Å²) in [7, 11) is 0. The van der Waals surface area contributed by atoms with E-state index >= 15 is 0 Å². The number of ether oxygens (including phenoxy) is 1. The third-order valence-electron chi connectivity index (χ3n) is 2.19. The zero-order valence-corrected chi connectivity index (χ0v) is 9.05. The van der Waals surface area contributed by atoms with Crippen LogP contribution in [0.1, 0.15) is 6.42 Å². The van der Waals surface area contributed by atoms with Crippen LogP contribution in [0.4, 0.5) is 11.5 Å². The molecule has 1 N–H and O–H groups in total. The molecule has 0 saturated carbocycles. The van der Waals surface area contributed by atoms with Crippen molar-refractivity contribution in [2.45, 2.75) is 12.5 Å². The van der Waals surface area contributed by atoms with E-state index in [9.17, 15) is 0 Å². The number of halogens is 1. The summed E-state index contributed by atoms with van der Waals surface area (Å²) in [5.41, 5.74) is 8.72. The van der Waals surface area contributed by atoms with Crippen LogP contribution in [0.5, 0.6) is 0 Å². The molecular weight excluding hydrogens is 232 g/mol. The van der Waals surface area contributed by atoms with Crippen molar-refractivity contribution >= 4 is 23.1 Å². The maximum Gasteiger partial charge on any atom is 0.158 e. The average Bonchev–Trinajstić information content (AvgIpc) is 2.19. The lowest BCUT2D eigenvalue weighted by molar-refractivity contribution is -0.0410. The van der Waals surface area contributed by atoms with Crippen molar-refractivity contribution in [3.05, 3.63) is 21.7 Å². The summed E-state index contributed by atoms with van der Waals surface area (Å²) in [6.45, 7) is 1.41. The summed E-state index contributed by atoms with van der Waals surface area (Å²) < 4.78 is 5.24. The molecule has 16 heavy (non-hydrogen) atoms. The topological polar surface area (TPSA) is 95.8 Å². The lowest BCUT2D eigenvalue weighted by atomic mass is 10.2. The zero-order chi connectivity index (χ0) is 11.4. The van der Waals surface area contributed by atoms with Crippen molar-refractivity contribution in [2.75, 3.05) is 18.5 Å². The lowest BCUT2D eigenvalue weighted by Crippen LogP contribution is -2.33. The minimum atomic E-state index is 0.188. The van der Waals surface area contributed by atoms with Crippen LogP contribution in [-0.2, 0) is 4.74 Å².